The van der Waals surface area contributed by atoms with Crippen molar-refractivity contribution < 1.29 is 14.7 Å². The quantitative estimate of drug-likeness (QED) is 0.684. The van der Waals surface area contributed by atoms with E-state index in [-0.39, 0.29) is 23.8 Å². The summed E-state index contributed by atoms with van der Waals surface area (Å²) in [5.74, 6) is -0.964. The Morgan fingerprint density at radius 2 is 1.93 bits per heavy atom. The molecule has 0 bridgehead atoms. The minimum Gasteiger partial charge on any atom is -0.481 e. The van der Waals surface area contributed by atoms with Crippen LogP contribution in [-0.2, 0) is 9.59 Å². The first-order chi connectivity index (χ1) is 6.43. The lowest BCUT2D eigenvalue weighted by molar-refractivity contribution is -0.149. The van der Waals surface area contributed by atoms with Gasteiger partial charge in [0.05, 0.1) is 5.92 Å². The Morgan fingerprint density at radius 3 is 2.36 bits per heavy atom. The number of carboxylic acid groups (broad SMARTS) is 1. The second-order valence-electron chi connectivity index (χ2n) is 4.18. The van der Waals surface area contributed by atoms with E-state index >= 15 is 0 Å². The molecular weight excluding hydrogens is 182 g/mol. The number of rotatable bonds is 1. The number of nitrogens with zero attached hydrogens (tertiary/aromatic N) is 1. The second-order valence-corrected chi connectivity index (χ2v) is 4.18. The van der Waals surface area contributed by atoms with E-state index in [0.717, 1.165) is 0 Å². The molecule has 0 aromatic rings. The Morgan fingerprint density at radius 1 is 1.36 bits per heavy atom. The van der Waals surface area contributed by atoms with E-state index in [4.69, 9.17) is 5.11 Å². The fourth-order valence-electron chi connectivity index (χ4n) is 2.13. The lowest BCUT2D eigenvalue weighted by Crippen LogP contribution is -2.49. The molecule has 1 amide bonds. The van der Waals surface area contributed by atoms with Crippen LogP contribution in [-0.4, -0.2) is 34.5 Å². The molecule has 1 fully saturated rings. The molecular formula is C10H17NO3. The molecule has 0 saturated carbocycles. The molecule has 3 atom stereocenters. The number of likely N-dealkylation sites (tertiary alicyclic amines) is 1. The van der Waals surface area contributed by atoms with Crippen molar-refractivity contribution in [2.45, 2.75) is 33.2 Å². The number of carbonyl (C=O) groups is 2. The fourth-order valence-corrected chi connectivity index (χ4v) is 2.13. The number of amides is 1. The van der Waals surface area contributed by atoms with Crippen molar-refractivity contribution in [3.05, 3.63) is 0 Å². The Labute approximate surface area is 83.9 Å². The van der Waals surface area contributed by atoms with Gasteiger partial charge in [0.1, 0.15) is 0 Å². The van der Waals surface area contributed by atoms with Crippen LogP contribution in [0.1, 0.15) is 27.2 Å². The zero-order valence-corrected chi connectivity index (χ0v) is 8.86. The van der Waals surface area contributed by atoms with Crippen LogP contribution in [0.3, 0.4) is 0 Å². The predicted octanol–water partition coefficient (Wildman–Crippen LogP) is 0.964. The number of carboxylic acids is 1. The Bertz CT molecular complexity index is 226. The highest BCUT2D eigenvalue weighted by Crippen LogP contribution is 2.27. The third kappa shape index (κ3) is 2.05. The summed E-state index contributed by atoms with van der Waals surface area (Å²) < 4.78 is 0. The molecule has 0 aromatic heterocycles. The highest BCUT2D eigenvalue weighted by molar-refractivity contribution is 5.75. The topological polar surface area (TPSA) is 57.6 Å². The number of aliphatic carboxylic acids is 1. The average Bonchev–Trinajstić information content (AvgIpc) is 2.07. The largest absolute Gasteiger partial charge is 0.481 e. The molecule has 14 heavy (non-hydrogen) atoms. The van der Waals surface area contributed by atoms with Crippen molar-refractivity contribution in [2.24, 2.45) is 11.8 Å². The van der Waals surface area contributed by atoms with Crippen molar-refractivity contribution in [2.75, 3.05) is 6.54 Å². The minimum atomic E-state index is -0.743. The summed E-state index contributed by atoms with van der Waals surface area (Å²) in [5.41, 5.74) is 0. The van der Waals surface area contributed by atoms with Crippen LogP contribution in [0.5, 0.6) is 0 Å². The van der Waals surface area contributed by atoms with Gasteiger partial charge in [0.25, 0.3) is 0 Å². The van der Waals surface area contributed by atoms with E-state index in [1.165, 1.54) is 6.92 Å². The Hall–Kier alpha value is -1.06. The summed E-state index contributed by atoms with van der Waals surface area (Å²) in [6, 6.07) is 0.0461. The molecule has 1 N–H and O–H groups in total. The summed E-state index contributed by atoms with van der Waals surface area (Å²) in [5, 5.41) is 8.95. The van der Waals surface area contributed by atoms with Crippen molar-refractivity contribution in [1.82, 2.24) is 4.90 Å². The van der Waals surface area contributed by atoms with E-state index in [1.54, 1.807) is 4.90 Å². The summed E-state index contributed by atoms with van der Waals surface area (Å²) in [7, 11) is 0. The van der Waals surface area contributed by atoms with Crippen molar-refractivity contribution in [3.63, 3.8) is 0 Å². The first-order valence-electron chi connectivity index (χ1n) is 4.93. The molecule has 0 aromatic carbocycles. The van der Waals surface area contributed by atoms with Gasteiger partial charge in [-0.1, -0.05) is 6.92 Å². The van der Waals surface area contributed by atoms with Gasteiger partial charge in [0.15, 0.2) is 0 Å². The van der Waals surface area contributed by atoms with Gasteiger partial charge in [-0.2, -0.15) is 0 Å². The van der Waals surface area contributed by atoms with E-state index in [2.05, 4.69) is 0 Å². The first-order valence-corrected chi connectivity index (χ1v) is 4.93. The molecule has 4 heteroatoms. The Balaban J connectivity index is 2.71. The highest BCUT2D eigenvalue weighted by Gasteiger charge is 2.35. The van der Waals surface area contributed by atoms with E-state index in [1.807, 2.05) is 13.8 Å². The third-order valence-electron chi connectivity index (χ3n) is 3.02. The smallest absolute Gasteiger partial charge is 0.306 e. The van der Waals surface area contributed by atoms with Gasteiger partial charge in [-0.05, 0) is 19.3 Å². The lowest BCUT2D eigenvalue weighted by atomic mass is 9.83. The molecule has 1 rings (SSSR count). The molecule has 1 heterocycles. The van der Waals surface area contributed by atoms with Crippen molar-refractivity contribution in [1.29, 1.82) is 0 Å². The van der Waals surface area contributed by atoms with E-state index in [9.17, 15) is 9.59 Å². The van der Waals surface area contributed by atoms with Gasteiger partial charge in [0, 0.05) is 19.5 Å². The normalized spacial score (nSPS) is 32.8. The first kappa shape index (κ1) is 11.0. The van der Waals surface area contributed by atoms with Crippen molar-refractivity contribution >= 4 is 11.9 Å². The van der Waals surface area contributed by atoms with Crippen LogP contribution < -0.4 is 0 Å². The maximum absolute atomic E-state index is 11.2. The van der Waals surface area contributed by atoms with Crippen LogP contribution in [0.4, 0.5) is 0 Å². The Kier molecular flexibility index (Phi) is 3.13. The van der Waals surface area contributed by atoms with Crippen LogP contribution in [0.2, 0.25) is 0 Å². The fraction of sp³-hybridized carbons (Fsp3) is 0.800. The number of hydrogen-bond acceptors (Lipinski definition) is 2. The summed E-state index contributed by atoms with van der Waals surface area (Å²) in [6.07, 6.45) is 0.566. The van der Waals surface area contributed by atoms with E-state index < -0.39 is 5.97 Å². The summed E-state index contributed by atoms with van der Waals surface area (Å²) >= 11 is 0. The molecule has 80 valence electrons. The van der Waals surface area contributed by atoms with Crippen molar-refractivity contribution in [3.8, 4) is 0 Å². The maximum Gasteiger partial charge on any atom is 0.306 e. The van der Waals surface area contributed by atoms with Crippen LogP contribution in [0.15, 0.2) is 0 Å². The molecule has 0 spiro atoms. The van der Waals surface area contributed by atoms with Crippen LogP contribution in [0, 0.1) is 11.8 Å². The standard InChI is InChI=1S/C10H17NO3/c1-6-5-11(8(3)12)7(2)4-9(6)10(13)14/h6-7,9H,4-5H2,1-3H3,(H,13,14)/t6-,7-,9+/m1/s1. The lowest BCUT2D eigenvalue weighted by Gasteiger charge is -2.39. The zero-order chi connectivity index (χ0) is 10.9. The zero-order valence-electron chi connectivity index (χ0n) is 8.86. The SMILES string of the molecule is CC(=O)N1C[C@@H](C)[C@@H](C(=O)O)C[C@H]1C. The molecule has 1 aliphatic heterocycles. The third-order valence-corrected chi connectivity index (χ3v) is 3.02. The molecule has 4 nitrogen and oxygen atoms in total. The second kappa shape index (κ2) is 3.98. The number of carbonyl (C=O) groups excluding carboxylic acids is 1. The molecule has 0 aliphatic carbocycles. The van der Waals surface area contributed by atoms with Crippen LogP contribution in [0.25, 0.3) is 0 Å². The van der Waals surface area contributed by atoms with Gasteiger partial charge in [-0.25, -0.2) is 0 Å². The van der Waals surface area contributed by atoms with Gasteiger partial charge in [-0.3, -0.25) is 9.59 Å². The van der Waals surface area contributed by atoms with Gasteiger partial charge in [0.2, 0.25) is 5.91 Å². The number of piperidine rings is 1. The minimum absolute atomic E-state index is 0.0354. The number of hydrogen-bond donors (Lipinski definition) is 1. The molecule has 1 aliphatic rings. The predicted molar refractivity (Wildman–Crippen MR) is 51.8 cm³/mol. The van der Waals surface area contributed by atoms with Crippen LogP contribution >= 0.6 is 0 Å². The van der Waals surface area contributed by atoms with Gasteiger partial charge < -0.3 is 10.0 Å². The molecule has 0 radical (unpaired) electrons. The summed E-state index contributed by atoms with van der Waals surface area (Å²) in [4.78, 5) is 23.8. The highest BCUT2D eigenvalue weighted by atomic mass is 16.4. The van der Waals surface area contributed by atoms with Gasteiger partial charge in [-0.15, -0.1) is 0 Å². The molecule has 1 saturated heterocycles. The summed E-state index contributed by atoms with van der Waals surface area (Å²) in [6.45, 7) is 5.89. The maximum atomic E-state index is 11.2. The molecule has 0 unspecified atom stereocenters. The average molecular weight is 199 g/mol. The monoisotopic (exact) mass is 199 g/mol. The van der Waals surface area contributed by atoms with Gasteiger partial charge >= 0.3 is 5.97 Å². The van der Waals surface area contributed by atoms with E-state index in [0.29, 0.717) is 13.0 Å².